The van der Waals surface area contributed by atoms with E-state index in [0.29, 0.717) is 0 Å². The highest BCUT2D eigenvalue weighted by Gasteiger charge is 2.11. The van der Waals surface area contributed by atoms with Crippen LogP contribution in [-0.2, 0) is 0 Å². The molecule has 6 nitrogen and oxygen atoms in total. The first kappa shape index (κ1) is 60.0. The summed E-state index contributed by atoms with van der Waals surface area (Å²) >= 11 is 0. The van der Waals surface area contributed by atoms with Gasteiger partial charge in [0.25, 0.3) is 0 Å². The van der Waals surface area contributed by atoms with Crippen molar-refractivity contribution in [2.45, 2.75) is 217 Å². The van der Waals surface area contributed by atoms with Crippen molar-refractivity contribution in [3.8, 4) is 0 Å². The molecule has 0 radical (unpaired) electrons. The highest BCUT2D eigenvalue weighted by Crippen LogP contribution is 2.37. The van der Waals surface area contributed by atoms with Crippen LogP contribution in [0.15, 0.2) is 58.3 Å². The Kier molecular flexibility index (Phi) is 39.2. The number of quaternary nitrogens is 2. The maximum atomic E-state index is 10.7. The fraction of sp³-hybridized carbons (Fsp3) is 0.741. The van der Waals surface area contributed by atoms with Crippen LogP contribution in [-0.4, -0.2) is 85.5 Å². The van der Waals surface area contributed by atoms with E-state index in [1.54, 1.807) is 48.5 Å². The Morgan fingerprint density at radius 1 is 0.371 bits per heavy atom. The molecule has 2 N–H and O–H groups in total. The zero-order valence-corrected chi connectivity index (χ0v) is 43.3. The van der Waals surface area contributed by atoms with Gasteiger partial charge in [0.15, 0.2) is 0 Å². The van der Waals surface area contributed by atoms with E-state index in [9.17, 15) is 9.59 Å². The van der Waals surface area contributed by atoms with Crippen molar-refractivity contribution in [1.29, 1.82) is 0 Å². The van der Waals surface area contributed by atoms with Crippen molar-refractivity contribution >= 4 is 33.5 Å². The van der Waals surface area contributed by atoms with Crippen molar-refractivity contribution in [1.82, 2.24) is 0 Å². The molecule has 2 aromatic carbocycles. The Morgan fingerprint density at radius 2 is 0.581 bits per heavy atom. The minimum Gasteiger partial charge on any atom is -0.478 e. The van der Waals surface area contributed by atoms with Crippen LogP contribution < -0.4 is 0 Å². The molecule has 2 rings (SSSR count). The normalized spacial score (nSPS) is 11.4. The molecule has 0 atom stereocenters. The summed E-state index contributed by atoms with van der Waals surface area (Å²) in [5, 5.41) is 17.6. The first-order chi connectivity index (χ1) is 29.8. The van der Waals surface area contributed by atoms with E-state index in [-0.39, 0.29) is 11.1 Å². The van der Waals surface area contributed by atoms with Crippen LogP contribution in [0.3, 0.4) is 0 Å². The number of carbonyl (C=O) groups is 2. The summed E-state index contributed by atoms with van der Waals surface area (Å²) in [4.78, 5) is 23.3. The summed E-state index contributed by atoms with van der Waals surface area (Å²) in [7, 11) is 12.4. The maximum Gasteiger partial charge on any atom is 0.335 e. The molecule has 0 heterocycles. The highest BCUT2D eigenvalue weighted by molar-refractivity contribution is 8.76. The molecule has 0 amide bonds. The third-order valence-electron chi connectivity index (χ3n) is 12.4. The number of benzene rings is 2. The Hall–Kier alpha value is -2.00. The average Bonchev–Trinajstić information content (AvgIpc) is 3.26. The maximum absolute atomic E-state index is 10.7. The largest absolute Gasteiger partial charge is 0.478 e. The second-order valence-electron chi connectivity index (χ2n) is 19.0. The number of unbranched alkanes of at least 4 members (excludes halogenated alkanes) is 26. The molecular weight excluding hydrogens is 805 g/mol. The van der Waals surface area contributed by atoms with Crippen molar-refractivity contribution in [2.24, 2.45) is 0 Å². The number of nitrogens with zero attached hydrogens (tertiary/aromatic N) is 2. The number of carboxylic acids is 2. The van der Waals surface area contributed by atoms with Gasteiger partial charge in [-0.2, -0.15) is 0 Å². The van der Waals surface area contributed by atoms with E-state index < -0.39 is 11.9 Å². The number of hydrogen-bond donors (Lipinski definition) is 2. The first-order valence-corrected chi connectivity index (χ1v) is 27.6. The molecule has 8 heteroatoms. The standard InChI is InChI=1S/2C20H44N.C14H10O4S2/c2*1-5-7-8-9-10-11-12-13-14-15-16-17-18-19-20-21(3,4)6-2;15-13(16)9-1-5-11(6-2-9)19-20-12-7-3-10(4-8-12)14(17)18/h2*5-20H2,1-4H3;1-8H,(H,15,16)(H,17,18)/q2*+1;. The van der Waals surface area contributed by atoms with Gasteiger partial charge >= 0.3 is 11.9 Å². The number of aromatic carboxylic acids is 2. The lowest BCUT2D eigenvalue weighted by Gasteiger charge is -2.28. The minimum atomic E-state index is -0.946. The Labute approximate surface area is 391 Å². The SMILES string of the molecule is CCCCCCCCCCCCCCCC[N+](C)(C)CC.CCCCCCCCCCCCCCCC[N+](C)(C)CC.O=C(O)c1ccc(SSc2ccc(C(=O)O)cc2)cc1. The Balaban J connectivity index is 0.000000900. The smallest absolute Gasteiger partial charge is 0.335 e. The molecule has 358 valence electrons. The molecule has 0 unspecified atom stereocenters. The van der Waals surface area contributed by atoms with Gasteiger partial charge < -0.3 is 19.2 Å². The van der Waals surface area contributed by atoms with Gasteiger partial charge in [-0.1, -0.05) is 190 Å². The Morgan fingerprint density at radius 3 is 0.774 bits per heavy atom. The van der Waals surface area contributed by atoms with Gasteiger partial charge in [0.2, 0.25) is 0 Å². The van der Waals surface area contributed by atoms with Crippen LogP contribution in [0.2, 0.25) is 0 Å². The van der Waals surface area contributed by atoms with Crippen LogP contribution in [0.4, 0.5) is 0 Å². The molecule has 0 bridgehead atoms. The quantitative estimate of drug-likeness (QED) is 0.0400. The summed E-state index contributed by atoms with van der Waals surface area (Å²) < 4.78 is 2.39. The number of rotatable bonds is 37. The van der Waals surface area contributed by atoms with Crippen LogP contribution in [0.25, 0.3) is 0 Å². The molecule has 0 aliphatic carbocycles. The van der Waals surface area contributed by atoms with Gasteiger partial charge in [0, 0.05) is 9.79 Å². The molecule has 0 saturated carbocycles. The molecule has 0 spiro atoms. The summed E-state index contributed by atoms with van der Waals surface area (Å²) in [6, 6.07) is 13.2. The third-order valence-corrected chi connectivity index (χ3v) is 14.8. The third kappa shape index (κ3) is 37.4. The van der Waals surface area contributed by atoms with E-state index in [0.717, 1.165) is 9.79 Å². The fourth-order valence-corrected chi connectivity index (χ4v) is 9.12. The minimum absolute atomic E-state index is 0.255. The summed E-state index contributed by atoms with van der Waals surface area (Å²) in [6.45, 7) is 14.4. The lowest BCUT2D eigenvalue weighted by Crippen LogP contribution is -2.39. The number of hydrogen-bond acceptors (Lipinski definition) is 4. The van der Waals surface area contributed by atoms with Gasteiger partial charge in [-0.25, -0.2) is 9.59 Å². The van der Waals surface area contributed by atoms with Gasteiger partial charge in [-0.15, -0.1) is 0 Å². The zero-order valence-electron chi connectivity index (χ0n) is 41.7. The van der Waals surface area contributed by atoms with Gasteiger partial charge in [-0.3, -0.25) is 0 Å². The fourth-order valence-electron chi connectivity index (χ4n) is 7.19. The summed E-state index contributed by atoms with van der Waals surface area (Å²) in [5.74, 6) is -1.89. The van der Waals surface area contributed by atoms with Crippen LogP contribution >= 0.6 is 21.6 Å². The molecule has 0 fully saturated rings. The summed E-state index contributed by atoms with van der Waals surface area (Å²) in [5.41, 5.74) is 0.510. The number of carboxylic acid groups (broad SMARTS) is 2. The second kappa shape index (κ2) is 40.5. The molecule has 0 aromatic heterocycles. The summed E-state index contributed by atoms with van der Waals surface area (Å²) in [6.07, 6.45) is 40.8. The highest BCUT2D eigenvalue weighted by atomic mass is 33.1. The van der Waals surface area contributed by atoms with E-state index >= 15 is 0 Å². The molecule has 0 saturated heterocycles. The van der Waals surface area contributed by atoms with Crippen LogP contribution in [0.5, 0.6) is 0 Å². The topological polar surface area (TPSA) is 74.6 Å². The van der Waals surface area contributed by atoms with Crippen LogP contribution in [0, 0.1) is 0 Å². The lowest BCUT2D eigenvalue weighted by atomic mass is 10.0. The molecule has 62 heavy (non-hydrogen) atoms. The first-order valence-electron chi connectivity index (χ1n) is 25.5. The predicted octanol–water partition coefficient (Wildman–Crippen LogP) is 17.0. The molecule has 0 aliphatic rings. The van der Waals surface area contributed by atoms with E-state index in [1.165, 1.54) is 237 Å². The van der Waals surface area contributed by atoms with Crippen molar-refractivity contribution in [3.05, 3.63) is 59.7 Å². The van der Waals surface area contributed by atoms with Gasteiger partial charge in [0.1, 0.15) is 0 Å². The van der Waals surface area contributed by atoms with Gasteiger partial charge in [-0.05, 0) is 88.1 Å². The molecule has 0 aliphatic heterocycles. The van der Waals surface area contributed by atoms with E-state index in [2.05, 4.69) is 55.9 Å². The van der Waals surface area contributed by atoms with Crippen LogP contribution in [0.1, 0.15) is 228 Å². The lowest BCUT2D eigenvalue weighted by molar-refractivity contribution is -0.888. The second-order valence-corrected chi connectivity index (χ2v) is 21.2. The molecule has 2 aromatic rings. The van der Waals surface area contributed by atoms with Crippen molar-refractivity contribution in [3.63, 3.8) is 0 Å². The average molecular weight is 904 g/mol. The zero-order chi connectivity index (χ0) is 46.2. The van der Waals surface area contributed by atoms with E-state index in [1.807, 2.05) is 0 Å². The van der Waals surface area contributed by atoms with Crippen molar-refractivity contribution < 1.29 is 28.8 Å². The van der Waals surface area contributed by atoms with E-state index in [4.69, 9.17) is 10.2 Å². The molecular formula is C54H98N2O4S2+2. The predicted molar refractivity (Wildman–Crippen MR) is 274 cm³/mol. The Bertz CT molecular complexity index is 1220. The van der Waals surface area contributed by atoms with Crippen molar-refractivity contribution in [2.75, 3.05) is 54.4 Å². The monoisotopic (exact) mass is 903 g/mol. The van der Waals surface area contributed by atoms with Gasteiger partial charge in [0.05, 0.1) is 65.5 Å².